The van der Waals surface area contributed by atoms with Crippen LogP contribution in [0.25, 0.3) is 0 Å². The summed E-state index contributed by atoms with van der Waals surface area (Å²) in [5.41, 5.74) is 0. The molecule has 0 aromatic carbocycles. The topological polar surface area (TPSA) is 35.5 Å². The molecule has 0 unspecified atom stereocenters. The molecule has 0 saturated heterocycles. The summed E-state index contributed by atoms with van der Waals surface area (Å²) in [6.07, 6.45) is 2.53. The van der Waals surface area contributed by atoms with Gasteiger partial charge in [0.05, 0.1) is 19.1 Å². The number of carbonyl (C=O) groups excluding carboxylic acids is 1. The fourth-order valence-corrected chi connectivity index (χ4v) is 0.235. The molecule has 3 heteroatoms. The highest BCUT2D eigenvalue weighted by Gasteiger charge is 1.79. The smallest absolute Gasteiger partial charge is 0.307 e. The zero-order valence-electron chi connectivity index (χ0n) is 7.00. The molecule has 0 heterocycles. The molecule has 0 bridgehead atoms. The van der Waals surface area contributed by atoms with Crippen molar-refractivity contribution >= 4 is 5.97 Å². The third kappa shape index (κ3) is 28.4. The van der Waals surface area contributed by atoms with Crippen molar-refractivity contribution in [2.45, 2.75) is 13.8 Å². The van der Waals surface area contributed by atoms with Gasteiger partial charge in [-0.05, 0) is 6.92 Å². The zero-order valence-corrected chi connectivity index (χ0v) is 7.00. The van der Waals surface area contributed by atoms with E-state index in [1.165, 1.54) is 13.2 Å². The predicted octanol–water partition coefficient (Wildman–Crippen LogP) is 1.86. The SMILES string of the molecule is C=COC(C)=O.C=COCC. The van der Waals surface area contributed by atoms with Crippen molar-refractivity contribution in [1.82, 2.24) is 0 Å². The summed E-state index contributed by atoms with van der Waals surface area (Å²) in [5, 5.41) is 0. The van der Waals surface area contributed by atoms with Gasteiger partial charge in [0.15, 0.2) is 0 Å². The average molecular weight is 158 g/mol. The molecule has 64 valence electrons. The van der Waals surface area contributed by atoms with Crippen molar-refractivity contribution in [2.75, 3.05) is 6.61 Å². The average Bonchev–Trinajstić information content (AvgIpc) is 1.90. The molecule has 0 amide bonds. The molecular weight excluding hydrogens is 144 g/mol. The minimum Gasteiger partial charge on any atom is -0.502 e. The van der Waals surface area contributed by atoms with Crippen molar-refractivity contribution in [3.05, 3.63) is 25.7 Å². The summed E-state index contributed by atoms with van der Waals surface area (Å²) in [4.78, 5) is 9.75. The number of hydrogen-bond donors (Lipinski definition) is 0. The van der Waals surface area contributed by atoms with Crippen LogP contribution in [0.4, 0.5) is 0 Å². The molecule has 0 aliphatic rings. The van der Waals surface area contributed by atoms with Gasteiger partial charge in [-0.2, -0.15) is 0 Å². The Bertz CT molecular complexity index is 119. The minimum atomic E-state index is -0.329. The van der Waals surface area contributed by atoms with E-state index < -0.39 is 0 Å². The molecule has 0 saturated carbocycles. The van der Waals surface area contributed by atoms with Gasteiger partial charge < -0.3 is 9.47 Å². The van der Waals surface area contributed by atoms with E-state index in [2.05, 4.69) is 22.6 Å². The molecule has 0 fully saturated rings. The van der Waals surface area contributed by atoms with E-state index in [0.717, 1.165) is 12.9 Å². The third-order valence-corrected chi connectivity index (χ3v) is 0.534. The first kappa shape index (κ1) is 12.4. The van der Waals surface area contributed by atoms with Crippen LogP contribution in [-0.4, -0.2) is 12.6 Å². The summed E-state index contributed by atoms with van der Waals surface area (Å²) >= 11 is 0. The fraction of sp³-hybridized carbons (Fsp3) is 0.375. The molecule has 0 radical (unpaired) electrons. The highest BCUT2D eigenvalue weighted by molar-refractivity contribution is 5.66. The van der Waals surface area contributed by atoms with Gasteiger partial charge in [-0.15, -0.1) is 0 Å². The quantitative estimate of drug-likeness (QED) is 0.464. The summed E-state index contributed by atoms with van der Waals surface area (Å²) < 4.78 is 8.76. The van der Waals surface area contributed by atoms with Crippen molar-refractivity contribution in [3.8, 4) is 0 Å². The minimum absolute atomic E-state index is 0.329. The highest BCUT2D eigenvalue weighted by Crippen LogP contribution is 1.70. The monoisotopic (exact) mass is 158 g/mol. The molecule has 0 spiro atoms. The summed E-state index contributed by atoms with van der Waals surface area (Å²) in [6.45, 7) is 10.5. The second kappa shape index (κ2) is 11.5. The zero-order chi connectivity index (χ0) is 9.11. The Morgan fingerprint density at radius 2 is 2.00 bits per heavy atom. The first-order valence-electron chi connectivity index (χ1n) is 3.19. The van der Waals surface area contributed by atoms with Gasteiger partial charge in [0, 0.05) is 6.92 Å². The lowest BCUT2D eigenvalue weighted by atomic mass is 10.8. The molecule has 0 atom stereocenters. The largest absolute Gasteiger partial charge is 0.502 e. The van der Waals surface area contributed by atoms with Crippen LogP contribution in [0.15, 0.2) is 25.7 Å². The molecule has 0 aliphatic heterocycles. The second-order valence-corrected chi connectivity index (χ2v) is 1.40. The Balaban J connectivity index is 0. The van der Waals surface area contributed by atoms with Crippen LogP contribution in [0.1, 0.15) is 13.8 Å². The number of hydrogen-bond acceptors (Lipinski definition) is 3. The molecule has 0 aliphatic carbocycles. The van der Waals surface area contributed by atoms with Crippen LogP contribution >= 0.6 is 0 Å². The maximum atomic E-state index is 9.75. The van der Waals surface area contributed by atoms with Crippen LogP contribution < -0.4 is 0 Å². The van der Waals surface area contributed by atoms with Crippen molar-refractivity contribution in [1.29, 1.82) is 0 Å². The Morgan fingerprint density at radius 1 is 1.45 bits per heavy atom. The first-order chi connectivity index (χ1) is 5.18. The van der Waals surface area contributed by atoms with E-state index in [1.54, 1.807) is 0 Å². The maximum absolute atomic E-state index is 9.75. The van der Waals surface area contributed by atoms with Crippen LogP contribution in [0.3, 0.4) is 0 Å². The number of esters is 1. The fourth-order valence-electron chi connectivity index (χ4n) is 0.235. The molecular formula is C8H14O3. The Labute approximate surface area is 67.3 Å². The molecule has 0 rings (SSSR count). The summed E-state index contributed by atoms with van der Waals surface area (Å²) in [6, 6.07) is 0. The van der Waals surface area contributed by atoms with Gasteiger partial charge in [0.25, 0.3) is 0 Å². The number of rotatable bonds is 3. The molecule has 0 N–H and O–H groups in total. The lowest BCUT2D eigenvalue weighted by Crippen LogP contribution is -1.87. The van der Waals surface area contributed by atoms with Crippen LogP contribution in [0.5, 0.6) is 0 Å². The molecule has 3 nitrogen and oxygen atoms in total. The van der Waals surface area contributed by atoms with E-state index in [0.29, 0.717) is 0 Å². The Hall–Kier alpha value is -1.25. The van der Waals surface area contributed by atoms with Gasteiger partial charge in [0.1, 0.15) is 0 Å². The standard InChI is InChI=1S/C4H6O2.C4H8O/c1-3-6-4(2)5;1-3-5-4-2/h3H,1H2,2H3;3H,1,4H2,2H3. The maximum Gasteiger partial charge on any atom is 0.307 e. The lowest BCUT2D eigenvalue weighted by Gasteiger charge is -1.84. The Kier molecular flexibility index (Phi) is 13.0. The van der Waals surface area contributed by atoms with Gasteiger partial charge in [0.2, 0.25) is 0 Å². The molecule has 11 heavy (non-hydrogen) atoms. The second-order valence-electron chi connectivity index (χ2n) is 1.40. The summed E-state index contributed by atoms with van der Waals surface area (Å²) in [5.74, 6) is -0.329. The van der Waals surface area contributed by atoms with Crippen molar-refractivity contribution in [2.24, 2.45) is 0 Å². The third-order valence-electron chi connectivity index (χ3n) is 0.534. The number of ether oxygens (including phenoxy) is 2. The van der Waals surface area contributed by atoms with E-state index in [9.17, 15) is 4.79 Å². The highest BCUT2D eigenvalue weighted by atomic mass is 16.5. The van der Waals surface area contributed by atoms with E-state index in [4.69, 9.17) is 0 Å². The summed E-state index contributed by atoms with van der Waals surface area (Å²) in [7, 11) is 0. The van der Waals surface area contributed by atoms with E-state index >= 15 is 0 Å². The van der Waals surface area contributed by atoms with Gasteiger partial charge in [-0.1, -0.05) is 13.2 Å². The number of carbonyl (C=O) groups is 1. The Morgan fingerprint density at radius 3 is 2.00 bits per heavy atom. The first-order valence-corrected chi connectivity index (χ1v) is 3.19. The molecule has 0 aromatic rings. The van der Waals surface area contributed by atoms with Crippen LogP contribution in [-0.2, 0) is 14.3 Å². The van der Waals surface area contributed by atoms with Crippen LogP contribution in [0, 0.1) is 0 Å². The predicted molar refractivity (Wildman–Crippen MR) is 43.8 cm³/mol. The van der Waals surface area contributed by atoms with Crippen LogP contribution in [0.2, 0.25) is 0 Å². The van der Waals surface area contributed by atoms with Gasteiger partial charge >= 0.3 is 5.97 Å². The molecule has 0 aromatic heterocycles. The van der Waals surface area contributed by atoms with Gasteiger partial charge in [-0.25, -0.2) is 0 Å². The normalized spacial score (nSPS) is 6.73. The lowest BCUT2D eigenvalue weighted by molar-refractivity contribution is -0.135. The van der Waals surface area contributed by atoms with Crippen molar-refractivity contribution < 1.29 is 14.3 Å². The van der Waals surface area contributed by atoms with E-state index in [1.807, 2.05) is 6.92 Å². The van der Waals surface area contributed by atoms with Crippen molar-refractivity contribution in [3.63, 3.8) is 0 Å². The van der Waals surface area contributed by atoms with Gasteiger partial charge in [-0.3, -0.25) is 4.79 Å². The van der Waals surface area contributed by atoms with E-state index in [-0.39, 0.29) is 5.97 Å².